The predicted octanol–water partition coefficient (Wildman–Crippen LogP) is 3.54. The van der Waals surface area contributed by atoms with E-state index in [2.05, 4.69) is 30.5 Å². The van der Waals surface area contributed by atoms with Gasteiger partial charge in [-0.3, -0.25) is 25.3 Å². The molecule has 0 bridgehead atoms. The Morgan fingerprint density at radius 3 is 2.74 bits per heavy atom. The number of piperidine rings is 1. The summed E-state index contributed by atoms with van der Waals surface area (Å²) in [5.74, 6) is -0.209. The molecule has 10 heteroatoms. The number of carboxylic acid groups (broad SMARTS) is 1. The minimum absolute atomic E-state index is 0.337. The Morgan fingerprint density at radius 2 is 1.94 bits per heavy atom. The zero-order valence-electron chi connectivity index (χ0n) is 16.7. The van der Waals surface area contributed by atoms with Crippen LogP contribution in [-0.2, 0) is 11.3 Å². The molecule has 1 saturated heterocycles. The summed E-state index contributed by atoms with van der Waals surface area (Å²) in [6, 6.07) is 8.69. The standard InChI is InChI=1S/C21H22N6O3S/c28-20(29)15-3-2-10-27(11-15)12-16-4-1-5-17(23-16)25-21(30)26-18-13-31-19(24-18)14-6-8-22-9-7-14/h1,4-9,13,15H,2-3,10-12H2,(H,28,29)(H2,23,25,26,30). The van der Waals surface area contributed by atoms with Crippen molar-refractivity contribution < 1.29 is 14.7 Å². The van der Waals surface area contributed by atoms with E-state index in [0.29, 0.717) is 31.1 Å². The SMILES string of the molecule is O=C(Nc1cccc(CN2CCCC(C(=O)O)C2)n1)Nc1csc(-c2ccncc2)n1. The fraction of sp³-hybridized carbons (Fsp3) is 0.286. The van der Waals surface area contributed by atoms with Gasteiger partial charge in [-0.15, -0.1) is 11.3 Å². The third kappa shape index (κ3) is 5.62. The number of hydrogen-bond acceptors (Lipinski definition) is 7. The van der Waals surface area contributed by atoms with Crippen molar-refractivity contribution in [3.8, 4) is 10.6 Å². The summed E-state index contributed by atoms with van der Waals surface area (Å²) in [6.07, 6.45) is 4.95. The number of urea groups is 1. The smallest absolute Gasteiger partial charge is 0.326 e. The maximum absolute atomic E-state index is 12.4. The van der Waals surface area contributed by atoms with Crippen LogP contribution in [0.2, 0.25) is 0 Å². The Bertz CT molecular complexity index is 1060. The fourth-order valence-corrected chi connectivity index (χ4v) is 4.25. The second-order valence-corrected chi connectivity index (χ2v) is 8.14. The minimum atomic E-state index is -0.751. The molecule has 0 saturated carbocycles. The van der Waals surface area contributed by atoms with E-state index in [1.54, 1.807) is 23.8 Å². The molecule has 9 nitrogen and oxygen atoms in total. The maximum Gasteiger partial charge on any atom is 0.326 e. The normalized spacial score (nSPS) is 16.6. The lowest BCUT2D eigenvalue weighted by molar-refractivity contribution is -0.143. The quantitative estimate of drug-likeness (QED) is 0.538. The number of amides is 2. The molecule has 2 amide bonds. The molecule has 160 valence electrons. The van der Waals surface area contributed by atoms with E-state index < -0.39 is 12.0 Å². The molecule has 3 N–H and O–H groups in total. The highest BCUT2D eigenvalue weighted by molar-refractivity contribution is 7.13. The summed E-state index contributed by atoms with van der Waals surface area (Å²) in [7, 11) is 0. The third-order valence-corrected chi connectivity index (χ3v) is 5.85. The van der Waals surface area contributed by atoms with Gasteiger partial charge in [-0.1, -0.05) is 6.07 Å². The van der Waals surface area contributed by atoms with E-state index >= 15 is 0 Å². The second kappa shape index (κ2) is 9.63. The number of thiazole rings is 1. The molecular formula is C21H22N6O3S. The molecular weight excluding hydrogens is 416 g/mol. The molecule has 31 heavy (non-hydrogen) atoms. The summed E-state index contributed by atoms with van der Waals surface area (Å²) in [5, 5.41) is 17.3. The molecule has 4 heterocycles. The van der Waals surface area contributed by atoms with Crippen LogP contribution >= 0.6 is 11.3 Å². The first kappa shape index (κ1) is 20.9. The minimum Gasteiger partial charge on any atom is -0.481 e. The van der Waals surface area contributed by atoms with Crippen molar-refractivity contribution in [2.75, 3.05) is 23.7 Å². The lowest BCUT2D eigenvalue weighted by atomic mass is 9.98. The molecule has 1 unspecified atom stereocenters. The maximum atomic E-state index is 12.4. The van der Waals surface area contributed by atoms with Crippen molar-refractivity contribution in [3.63, 3.8) is 0 Å². The lowest BCUT2D eigenvalue weighted by Crippen LogP contribution is -2.38. The number of rotatable bonds is 6. The van der Waals surface area contributed by atoms with Crippen molar-refractivity contribution in [1.29, 1.82) is 0 Å². The van der Waals surface area contributed by atoms with Crippen LogP contribution in [0.25, 0.3) is 10.6 Å². The molecule has 1 aliphatic heterocycles. The number of aromatic nitrogens is 3. The van der Waals surface area contributed by atoms with Crippen molar-refractivity contribution >= 4 is 35.0 Å². The van der Waals surface area contributed by atoms with Crippen LogP contribution in [0.15, 0.2) is 48.1 Å². The molecule has 0 aromatic carbocycles. The van der Waals surface area contributed by atoms with Crippen LogP contribution in [0, 0.1) is 5.92 Å². The van der Waals surface area contributed by atoms with Gasteiger partial charge in [0.1, 0.15) is 16.6 Å². The molecule has 0 radical (unpaired) electrons. The number of carboxylic acids is 1. The largest absolute Gasteiger partial charge is 0.481 e. The van der Waals surface area contributed by atoms with Gasteiger partial charge in [-0.2, -0.15) is 0 Å². The Balaban J connectivity index is 1.34. The van der Waals surface area contributed by atoms with E-state index in [9.17, 15) is 14.7 Å². The molecule has 1 fully saturated rings. The molecule has 0 spiro atoms. The number of nitrogens with zero attached hydrogens (tertiary/aromatic N) is 4. The van der Waals surface area contributed by atoms with Crippen LogP contribution in [0.5, 0.6) is 0 Å². The highest BCUT2D eigenvalue weighted by Crippen LogP contribution is 2.25. The number of nitrogens with one attached hydrogen (secondary N) is 2. The summed E-state index contributed by atoms with van der Waals surface area (Å²) in [5.41, 5.74) is 1.71. The zero-order valence-corrected chi connectivity index (χ0v) is 17.5. The Morgan fingerprint density at radius 1 is 1.13 bits per heavy atom. The number of aliphatic carboxylic acids is 1. The van der Waals surface area contributed by atoms with Crippen molar-refractivity contribution in [2.24, 2.45) is 5.92 Å². The predicted molar refractivity (Wildman–Crippen MR) is 118 cm³/mol. The first-order valence-electron chi connectivity index (χ1n) is 9.92. The lowest BCUT2D eigenvalue weighted by Gasteiger charge is -2.30. The van der Waals surface area contributed by atoms with E-state index in [-0.39, 0.29) is 5.92 Å². The molecule has 3 aromatic heterocycles. The summed E-state index contributed by atoms with van der Waals surface area (Å²) < 4.78 is 0. The molecule has 0 aliphatic carbocycles. The van der Waals surface area contributed by atoms with Gasteiger partial charge in [-0.05, 0) is 43.7 Å². The van der Waals surface area contributed by atoms with Crippen LogP contribution < -0.4 is 10.6 Å². The van der Waals surface area contributed by atoms with Crippen molar-refractivity contribution in [3.05, 3.63) is 53.8 Å². The van der Waals surface area contributed by atoms with Gasteiger partial charge in [0.25, 0.3) is 0 Å². The average Bonchev–Trinajstić information content (AvgIpc) is 3.23. The van der Waals surface area contributed by atoms with Crippen LogP contribution in [0.1, 0.15) is 18.5 Å². The Labute approximate surface area is 183 Å². The van der Waals surface area contributed by atoms with Gasteiger partial charge in [0.05, 0.1) is 11.6 Å². The van der Waals surface area contributed by atoms with Gasteiger partial charge >= 0.3 is 12.0 Å². The van der Waals surface area contributed by atoms with Crippen molar-refractivity contribution in [1.82, 2.24) is 19.9 Å². The van der Waals surface area contributed by atoms with Crippen LogP contribution in [0.3, 0.4) is 0 Å². The van der Waals surface area contributed by atoms with Gasteiger partial charge in [0, 0.05) is 36.4 Å². The molecule has 3 aromatic rings. The summed E-state index contributed by atoms with van der Waals surface area (Å²) in [6.45, 7) is 1.90. The van der Waals surface area contributed by atoms with Gasteiger partial charge in [0.15, 0.2) is 0 Å². The van der Waals surface area contributed by atoms with Crippen LogP contribution in [0.4, 0.5) is 16.4 Å². The zero-order chi connectivity index (χ0) is 21.6. The number of pyridine rings is 2. The third-order valence-electron chi connectivity index (χ3n) is 4.96. The van der Waals surface area contributed by atoms with E-state index in [1.165, 1.54) is 11.3 Å². The Kier molecular flexibility index (Phi) is 6.48. The van der Waals surface area contributed by atoms with Crippen molar-refractivity contribution in [2.45, 2.75) is 19.4 Å². The number of carbonyl (C=O) groups is 2. The fourth-order valence-electron chi connectivity index (χ4n) is 3.49. The summed E-state index contributed by atoms with van der Waals surface area (Å²) >= 11 is 1.43. The highest BCUT2D eigenvalue weighted by Gasteiger charge is 2.25. The first-order chi connectivity index (χ1) is 15.1. The Hall–Kier alpha value is -3.37. The molecule has 1 atom stereocenters. The van der Waals surface area contributed by atoms with Crippen LogP contribution in [-0.4, -0.2) is 50.0 Å². The van der Waals surface area contributed by atoms with Gasteiger partial charge < -0.3 is 5.11 Å². The number of likely N-dealkylation sites (tertiary alicyclic amines) is 1. The van der Waals surface area contributed by atoms with Gasteiger partial charge in [0.2, 0.25) is 0 Å². The molecule has 4 rings (SSSR count). The monoisotopic (exact) mass is 438 g/mol. The number of carbonyl (C=O) groups excluding carboxylic acids is 1. The molecule has 1 aliphatic rings. The van der Waals surface area contributed by atoms with E-state index in [4.69, 9.17) is 0 Å². The first-order valence-corrected chi connectivity index (χ1v) is 10.8. The van der Waals surface area contributed by atoms with Gasteiger partial charge in [-0.25, -0.2) is 14.8 Å². The van der Waals surface area contributed by atoms with E-state index in [0.717, 1.165) is 29.2 Å². The number of hydrogen-bond donors (Lipinski definition) is 3. The topological polar surface area (TPSA) is 120 Å². The highest BCUT2D eigenvalue weighted by atomic mass is 32.1. The second-order valence-electron chi connectivity index (χ2n) is 7.28. The number of anilines is 2. The summed E-state index contributed by atoms with van der Waals surface area (Å²) in [4.78, 5) is 38.6. The average molecular weight is 439 g/mol. The van der Waals surface area contributed by atoms with E-state index in [1.807, 2.05) is 24.3 Å².